The second kappa shape index (κ2) is 5.99. The van der Waals surface area contributed by atoms with Crippen molar-refractivity contribution in [2.75, 3.05) is 0 Å². The number of nitrogens with zero attached hydrogens (tertiary/aromatic N) is 1. The molecule has 0 saturated heterocycles. The van der Waals surface area contributed by atoms with E-state index in [1.807, 2.05) is 0 Å². The van der Waals surface area contributed by atoms with Gasteiger partial charge in [0.25, 0.3) is 5.91 Å². The zero-order chi connectivity index (χ0) is 14.8. The number of halogens is 4. The topological polar surface area (TPSA) is 42.0 Å². The Labute approximate surface area is 119 Å². The molecule has 2 atom stereocenters. The standard InChI is InChI=1S/C13H14ClF3N2O/c14-11-8(4-3-7-18-11)12(20)19-10-6-2-1-5-9(10)13(15,16)17/h3-4,7,9-10H,1-2,5-6H2,(H,19,20). The molecule has 2 rings (SSSR count). The Morgan fingerprint density at radius 1 is 1.35 bits per heavy atom. The zero-order valence-corrected chi connectivity index (χ0v) is 11.3. The van der Waals surface area contributed by atoms with Gasteiger partial charge in [-0.15, -0.1) is 0 Å². The molecule has 0 aromatic carbocycles. The Kier molecular flexibility index (Phi) is 4.52. The summed E-state index contributed by atoms with van der Waals surface area (Å²) in [6.45, 7) is 0. The largest absolute Gasteiger partial charge is 0.393 e. The highest BCUT2D eigenvalue weighted by molar-refractivity contribution is 6.32. The summed E-state index contributed by atoms with van der Waals surface area (Å²) in [6.07, 6.45) is -1.29. The van der Waals surface area contributed by atoms with Crippen LogP contribution >= 0.6 is 11.6 Å². The molecule has 0 spiro atoms. The molecule has 3 nitrogen and oxygen atoms in total. The van der Waals surface area contributed by atoms with Gasteiger partial charge in [0.05, 0.1) is 11.5 Å². The lowest BCUT2D eigenvalue weighted by Crippen LogP contribution is -2.47. The summed E-state index contributed by atoms with van der Waals surface area (Å²) in [5.74, 6) is -2.10. The lowest BCUT2D eigenvalue weighted by atomic mass is 9.84. The molecule has 1 saturated carbocycles. The van der Waals surface area contributed by atoms with Crippen LogP contribution in [0.3, 0.4) is 0 Å². The summed E-state index contributed by atoms with van der Waals surface area (Å²) in [4.78, 5) is 15.7. The third-order valence-electron chi connectivity index (χ3n) is 3.51. The van der Waals surface area contributed by atoms with Crippen molar-refractivity contribution < 1.29 is 18.0 Å². The lowest BCUT2D eigenvalue weighted by molar-refractivity contribution is -0.187. The maximum atomic E-state index is 12.9. The van der Waals surface area contributed by atoms with Gasteiger partial charge in [-0.2, -0.15) is 13.2 Å². The van der Waals surface area contributed by atoms with Crippen molar-refractivity contribution in [2.24, 2.45) is 5.92 Å². The molecule has 7 heteroatoms. The molecule has 1 fully saturated rings. The number of pyridine rings is 1. The van der Waals surface area contributed by atoms with Gasteiger partial charge < -0.3 is 5.32 Å². The van der Waals surface area contributed by atoms with Gasteiger partial charge in [0, 0.05) is 12.2 Å². The number of carbonyl (C=O) groups excluding carboxylic acids is 1. The van der Waals surface area contributed by atoms with Crippen molar-refractivity contribution in [1.29, 1.82) is 0 Å². The lowest BCUT2D eigenvalue weighted by Gasteiger charge is -2.33. The molecule has 0 aliphatic heterocycles. The Balaban J connectivity index is 2.11. The maximum absolute atomic E-state index is 12.9. The second-order valence-corrected chi connectivity index (χ2v) is 5.21. The summed E-state index contributed by atoms with van der Waals surface area (Å²) in [5.41, 5.74) is 0.0978. The molecule has 1 heterocycles. The molecule has 20 heavy (non-hydrogen) atoms. The van der Waals surface area contributed by atoms with Crippen LogP contribution in [0.25, 0.3) is 0 Å². The predicted octanol–water partition coefficient (Wildman–Crippen LogP) is 3.59. The van der Waals surface area contributed by atoms with Crippen LogP contribution in [-0.4, -0.2) is 23.1 Å². The summed E-state index contributed by atoms with van der Waals surface area (Å²) in [5, 5.41) is 2.44. The molecule has 0 radical (unpaired) electrons. The monoisotopic (exact) mass is 306 g/mol. The van der Waals surface area contributed by atoms with E-state index in [2.05, 4.69) is 10.3 Å². The van der Waals surface area contributed by atoms with Crippen molar-refractivity contribution >= 4 is 17.5 Å². The average molecular weight is 307 g/mol. The molecule has 0 bridgehead atoms. The van der Waals surface area contributed by atoms with Gasteiger partial charge in [-0.1, -0.05) is 24.4 Å². The first-order valence-electron chi connectivity index (χ1n) is 6.37. The number of carbonyl (C=O) groups is 1. The van der Waals surface area contributed by atoms with Gasteiger partial charge >= 0.3 is 6.18 Å². The number of hydrogen-bond donors (Lipinski definition) is 1. The Morgan fingerprint density at radius 2 is 2.05 bits per heavy atom. The SMILES string of the molecule is O=C(NC1CCCCC1C(F)(F)F)c1cccnc1Cl. The highest BCUT2D eigenvalue weighted by Gasteiger charge is 2.46. The van der Waals surface area contributed by atoms with E-state index in [4.69, 9.17) is 11.6 Å². The third-order valence-corrected chi connectivity index (χ3v) is 3.81. The zero-order valence-electron chi connectivity index (χ0n) is 10.6. The van der Waals surface area contributed by atoms with E-state index in [9.17, 15) is 18.0 Å². The van der Waals surface area contributed by atoms with E-state index in [-0.39, 0.29) is 17.1 Å². The van der Waals surface area contributed by atoms with Gasteiger partial charge in [0.1, 0.15) is 5.15 Å². The summed E-state index contributed by atoms with van der Waals surface area (Å²) < 4.78 is 38.8. The predicted molar refractivity (Wildman–Crippen MR) is 68.5 cm³/mol. The Hall–Kier alpha value is -1.30. The highest BCUT2D eigenvalue weighted by atomic mass is 35.5. The molecule has 1 N–H and O–H groups in total. The maximum Gasteiger partial charge on any atom is 0.393 e. The molecule has 1 amide bonds. The van der Waals surface area contributed by atoms with Gasteiger partial charge in [-0.3, -0.25) is 4.79 Å². The normalized spacial score (nSPS) is 23.4. The first-order valence-corrected chi connectivity index (χ1v) is 6.75. The van der Waals surface area contributed by atoms with Crippen LogP contribution < -0.4 is 5.32 Å². The second-order valence-electron chi connectivity index (χ2n) is 4.85. The van der Waals surface area contributed by atoms with E-state index in [1.54, 1.807) is 0 Å². The van der Waals surface area contributed by atoms with Gasteiger partial charge in [0.15, 0.2) is 0 Å². The van der Waals surface area contributed by atoms with E-state index >= 15 is 0 Å². The third kappa shape index (κ3) is 3.42. The summed E-state index contributed by atoms with van der Waals surface area (Å²) in [6, 6.07) is 2.06. The minimum Gasteiger partial charge on any atom is -0.349 e. The van der Waals surface area contributed by atoms with Crippen LogP contribution in [0.15, 0.2) is 18.3 Å². The number of nitrogens with one attached hydrogen (secondary N) is 1. The Bertz CT molecular complexity index is 493. The minimum atomic E-state index is -4.29. The molecule has 1 aliphatic carbocycles. The van der Waals surface area contributed by atoms with Crippen LogP contribution in [0.4, 0.5) is 13.2 Å². The smallest absolute Gasteiger partial charge is 0.349 e. The molecule has 110 valence electrons. The van der Waals surface area contributed by atoms with Crippen molar-refractivity contribution in [3.63, 3.8) is 0 Å². The summed E-state index contributed by atoms with van der Waals surface area (Å²) in [7, 11) is 0. The molecule has 1 aromatic rings. The fourth-order valence-electron chi connectivity index (χ4n) is 2.50. The van der Waals surface area contributed by atoms with Crippen molar-refractivity contribution in [3.8, 4) is 0 Å². The highest BCUT2D eigenvalue weighted by Crippen LogP contribution is 2.37. The quantitative estimate of drug-likeness (QED) is 0.849. The molecular weight excluding hydrogens is 293 g/mol. The average Bonchev–Trinajstić information content (AvgIpc) is 2.38. The first-order chi connectivity index (χ1) is 9.39. The van der Waals surface area contributed by atoms with E-state index in [0.717, 1.165) is 0 Å². The van der Waals surface area contributed by atoms with Gasteiger partial charge in [-0.25, -0.2) is 4.98 Å². The number of aromatic nitrogens is 1. The summed E-state index contributed by atoms with van der Waals surface area (Å²) >= 11 is 5.77. The number of hydrogen-bond acceptors (Lipinski definition) is 2. The molecule has 2 unspecified atom stereocenters. The molecule has 1 aromatic heterocycles. The van der Waals surface area contributed by atoms with E-state index in [1.165, 1.54) is 18.3 Å². The Morgan fingerprint density at radius 3 is 2.70 bits per heavy atom. The van der Waals surface area contributed by atoms with Crippen LogP contribution in [0, 0.1) is 5.92 Å². The van der Waals surface area contributed by atoms with Crippen LogP contribution in [0.1, 0.15) is 36.0 Å². The van der Waals surface area contributed by atoms with Crippen LogP contribution in [-0.2, 0) is 0 Å². The first kappa shape index (κ1) is 15.1. The van der Waals surface area contributed by atoms with E-state index in [0.29, 0.717) is 19.3 Å². The number of rotatable bonds is 2. The van der Waals surface area contributed by atoms with Crippen molar-refractivity contribution in [3.05, 3.63) is 29.0 Å². The minimum absolute atomic E-state index is 0.00984. The van der Waals surface area contributed by atoms with Crippen molar-refractivity contribution in [2.45, 2.75) is 37.9 Å². The number of alkyl halides is 3. The molecule has 1 aliphatic rings. The number of amides is 1. The fraction of sp³-hybridized carbons (Fsp3) is 0.538. The van der Waals surface area contributed by atoms with Crippen LogP contribution in [0.5, 0.6) is 0 Å². The van der Waals surface area contributed by atoms with Crippen molar-refractivity contribution in [1.82, 2.24) is 10.3 Å². The van der Waals surface area contributed by atoms with Gasteiger partial charge in [0.2, 0.25) is 0 Å². The van der Waals surface area contributed by atoms with Gasteiger partial charge in [-0.05, 0) is 25.0 Å². The molecular formula is C13H14ClF3N2O. The fourth-order valence-corrected chi connectivity index (χ4v) is 2.70. The van der Waals surface area contributed by atoms with Crippen LogP contribution in [0.2, 0.25) is 5.15 Å². The van der Waals surface area contributed by atoms with E-state index < -0.39 is 24.0 Å².